The van der Waals surface area contributed by atoms with E-state index in [9.17, 15) is 0 Å². The average Bonchev–Trinajstić information content (AvgIpc) is 2.45. The molecule has 0 bridgehead atoms. The van der Waals surface area contributed by atoms with Gasteiger partial charge in [0, 0.05) is 11.8 Å². The molecular weight excluding hydrogens is 222 g/mol. The third kappa shape index (κ3) is 2.77. The van der Waals surface area contributed by atoms with Gasteiger partial charge in [-0.2, -0.15) is 0 Å². The van der Waals surface area contributed by atoms with E-state index in [1.807, 2.05) is 42.6 Å². The Morgan fingerprint density at radius 3 is 2.72 bits per heavy atom. The summed E-state index contributed by atoms with van der Waals surface area (Å²) >= 11 is 0. The predicted octanol–water partition coefficient (Wildman–Crippen LogP) is 4.47. The first kappa shape index (κ1) is 12.4. The average molecular weight is 239 g/mol. The molecular formula is C16H17NO. The molecule has 0 aromatic heterocycles. The second-order valence-electron chi connectivity index (χ2n) is 3.97. The lowest BCUT2D eigenvalue weighted by molar-refractivity contribution is 0.415. The summed E-state index contributed by atoms with van der Waals surface area (Å²) in [5.74, 6) is 0.863. The number of ether oxygens (including phenoxy) is 1. The summed E-state index contributed by atoms with van der Waals surface area (Å²) in [5, 5.41) is 0. The Hall–Kier alpha value is -2.09. The second kappa shape index (κ2) is 6.01. The van der Waals surface area contributed by atoms with Gasteiger partial charge in [0.2, 0.25) is 0 Å². The molecule has 18 heavy (non-hydrogen) atoms. The maximum atomic E-state index is 5.26. The fourth-order valence-corrected chi connectivity index (χ4v) is 1.81. The molecule has 0 aliphatic rings. The van der Waals surface area contributed by atoms with Crippen LogP contribution in [0.5, 0.6) is 5.75 Å². The van der Waals surface area contributed by atoms with E-state index in [1.54, 1.807) is 7.11 Å². The largest absolute Gasteiger partial charge is 0.497 e. The molecule has 0 radical (unpaired) electrons. The minimum atomic E-state index is 0.863. The Kier molecular flexibility index (Phi) is 4.13. The van der Waals surface area contributed by atoms with Gasteiger partial charge in [0.15, 0.2) is 0 Å². The third-order valence-corrected chi connectivity index (χ3v) is 2.70. The molecule has 0 heterocycles. The predicted molar refractivity (Wildman–Crippen MR) is 76.9 cm³/mol. The second-order valence-corrected chi connectivity index (χ2v) is 3.97. The van der Waals surface area contributed by atoms with Crippen LogP contribution >= 0.6 is 0 Å². The maximum absolute atomic E-state index is 5.26. The smallest absolute Gasteiger partial charge is 0.119 e. The zero-order valence-corrected chi connectivity index (χ0v) is 10.8. The van der Waals surface area contributed by atoms with E-state index in [2.05, 4.69) is 24.0 Å². The van der Waals surface area contributed by atoms with Gasteiger partial charge in [-0.1, -0.05) is 37.3 Å². The van der Waals surface area contributed by atoms with Gasteiger partial charge >= 0.3 is 0 Å². The van der Waals surface area contributed by atoms with E-state index in [4.69, 9.17) is 4.74 Å². The zero-order valence-electron chi connectivity index (χ0n) is 10.8. The zero-order chi connectivity index (χ0) is 12.8. The van der Waals surface area contributed by atoms with Crippen LogP contribution in [0.3, 0.4) is 0 Å². The maximum Gasteiger partial charge on any atom is 0.119 e. The lowest BCUT2D eigenvalue weighted by atomic mass is 10.0. The Bertz CT molecular complexity index is 546. The molecule has 2 aromatic carbocycles. The van der Waals surface area contributed by atoms with Crippen LogP contribution in [0.15, 0.2) is 53.5 Å². The van der Waals surface area contributed by atoms with Gasteiger partial charge in [-0.05, 0) is 30.2 Å². The summed E-state index contributed by atoms with van der Waals surface area (Å²) in [5.41, 5.74) is 3.24. The highest BCUT2D eigenvalue weighted by molar-refractivity contribution is 5.79. The highest BCUT2D eigenvalue weighted by Crippen LogP contribution is 2.31. The molecule has 0 aliphatic carbocycles. The Morgan fingerprint density at radius 2 is 1.94 bits per heavy atom. The van der Waals surface area contributed by atoms with Crippen molar-refractivity contribution in [3.63, 3.8) is 0 Å². The Morgan fingerprint density at radius 1 is 1.11 bits per heavy atom. The van der Waals surface area contributed by atoms with Crippen molar-refractivity contribution in [3.05, 3.63) is 48.5 Å². The normalized spacial score (nSPS) is 10.8. The van der Waals surface area contributed by atoms with Crippen LogP contribution in [-0.2, 0) is 0 Å². The van der Waals surface area contributed by atoms with E-state index in [0.29, 0.717) is 0 Å². The molecule has 0 N–H and O–H groups in total. The van der Waals surface area contributed by atoms with Gasteiger partial charge in [-0.3, -0.25) is 4.99 Å². The first-order valence-electron chi connectivity index (χ1n) is 6.11. The molecule has 0 amide bonds. The summed E-state index contributed by atoms with van der Waals surface area (Å²) in [4.78, 5) is 4.49. The summed E-state index contributed by atoms with van der Waals surface area (Å²) in [7, 11) is 1.68. The van der Waals surface area contributed by atoms with Crippen molar-refractivity contribution in [1.82, 2.24) is 0 Å². The summed E-state index contributed by atoms with van der Waals surface area (Å²) in [6.07, 6.45) is 2.87. The van der Waals surface area contributed by atoms with Gasteiger partial charge in [0.05, 0.1) is 12.8 Å². The molecule has 0 unspecified atom stereocenters. The van der Waals surface area contributed by atoms with Crippen molar-refractivity contribution < 1.29 is 4.74 Å². The van der Waals surface area contributed by atoms with Gasteiger partial charge in [0.1, 0.15) is 5.75 Å². The van der Waals surface area contributed by atoms with E-state index < -0.39 is 0 Å². The molecule has 0 saturated heterocycles. The first-order valence-corrected chi connectivity index (χ1v) is 6.11. The Labute approximate surface area is 108 Å². The SMILES string of the molecule is CCC=Nc1ccccc1-c1cccc(OC)c1. The number of aliphatic imine (C=N–C) groups is 1. The van der Waals surface area contributed by atoms with Crippen LogP contribution < -0.4 is 4.74 Å². The van der Waals surface area contributed by atoms with E-state index >= 15 is 0 Å². The molecule has 92 valence electrons. The third-order valence-electron chi connectivity index (χ3n) is 2.70. The monoisotopic (exact) mass is 239 g/mol. The summed E-state index contributed by atoms with van der Waals surface area (Å²) in [6.45, 7) is 2.08. The number of hydrogen-bond donors (Lipinski definition) is 0. The topological polar surface area (TPSA) is 21.6 Å². The van der Waals surface area contributed by atoms with E-state index in [0.717, 1.165) is 29.0 Å². The number of para-hydroxylation sites is 1. The molecule has 0 aliphatic heterocycles. The van der Waals surface area contributed by atoms with Crippen molar-refractivity contribution in [1.29, 1.82) is 0 Å². The van der Waals surface area contributed by atoms with Gasteiger partial charge < -0.3 is 4.74 Å². The first-order chi connectivity index (χ1) is 8.85. The highest BCUT2D eigenvalue weighted by Gasteiger charge is 2.04. The number of methoxy groups -OCH3 is 1. The standard InChI is InChI=1S/C16H17NO/c1-3-11-17-16-10-5-4-9-15(16)13-7-6-8-14(12-13)18-2/h4-12H,3H2,1-2H3. The van der Waals surface area contributed by atoms with Crippen LogP contribution in [-0.4, -0.2) is 13.3 Å². The van der Waals surface area contributed by atoms with E-state index in [-0.39, 0.29) is 0 Å². The molecule has 2 rings (SSSR count). The fraction of sp³-hybridized carbons (Fsp3) is 0.188. The molecule has 2 aromatic rings. The summed E-state index contributed by atoms with van der Waals surface area (Å²) in [6, 6.07) is 16.2. The lowest BCUT2D eigenvalue weighted by Gasteiger charge is -2.07. The van der Waals surface area contributed by atoms with Crippen LogP contribution in [0.1, 0.15) is 13.3 Å². The van der Waals surface area contributed by atoms with Crippen molar-refractivity contribution in [2.45, 2.75) is 13.3 Å². The van der Waals surface area contributed by atoms with Crippen molar-refractivity contribution >= 4 is 11.9 Å². The quantitative estimate of drug-likeness (QED) is 0.721. The minimum Gasteiger partial charge on any atom is -0.497 e. The molecule has 2 nitrogen and oxygen atoms in total. The molecule has 0 fully saturated rings. The lowest BCUT2D eigenvalue weighted by Crippen LogP contribution is -1.84. The number of benzene rings is 2. The molecule has 0 spiro atoms. The Balaban J connectivity index is 2.46. The van der Waals surface area contributed by atoms with Crippen LogP contribution in [0.4, 0.5) is 5.69 Å². The van der Waals surface area contributed by atoms with Gasteiger partial charge in [0.25, 0.3) is 0 Å². The summed E-state index contributed by atoms with van der Waals surface area (Å²) < 4.78 is 5.26. The minimum absolute atomic E-state index is 0.863. The van der Waals surface area contributed by atoms with Crippen molar-refractivity contribution in [2.75, 3.05) is 7.11 Å². The number of hydrogen-bond acceptors (Lipinski definition) is 2. The van der Waals surface area contributed by atoms with Crippen molar-refractivity contribution in [2.24, 2.45) is 4.99 Å². The fourth-order valence-electron chi connectivity index (χ4n) is 1.81. The van der Waals surface area contributed by atoms with Gasteiger partial charge in [-0.15, -0.1) is 0 Å². The van der Waals surface area contributed by atoms with E-state index in [1.165, 1.54) is 0 Å². The number of nitrogens with zero attached hydrogens (tertiary/aromatic N) is 1. The molecule has 2 heteroatoms. The van der Waals surface area contributed by atoms with Crippen LogP contribution in [0.2, 0.25) is 0 Å². The van der Waals surface area contributed by atoms with Crippen LogP contribution in [0, 0.1) is 0 Å². The van der Waals surface area contributed by atoms with Crippen LogP contribution in [0.25, 0.3) is 11.1 Å². The molecule has 0 saturated carbocycles. The number of rotatable bonds is 4. The molecule has 0 atom stereocenters. The van der Waals surface area contributed by atoms with Crippen molar-refractivity contribution in [3.8, 4) is 16.9 Å². The van der Waals surface area contributed by atoms with Gasteiger partial charge in [-0.25, -0.2) is 0 Å². The highest BCUT2D eigenvalue weighted by atomic mass is 16.5.